The Labute approximate surface area is 166 Å². The molecule has 4 aliphatic carbocycles. The first-order valence-corrected chi connectivity index (χ1v) is 11.2. The Hall–Kier alpha value is -1.79. The molecule has 1 aromatic carbocycles. The van der Waals surface area contributed by atoms with Crippen molar-refractivity contribution >= 4 is 11.8 Å². The highest BCUT2D eigenvalue weighted by Crippen LogP contribution is 2.60. The lowest BCUT2D eigenvalue weighted by molar-refractivity contribution is -0.00744. The molecule has 138 valence electrons. The first-order chi connectivity index (χ1) is 13.1. The highest BCUT2D eigenvalue weighted by Gasteiger charge is 2.52. The molecule has 0 amide bonds. The fourth-order valence-corrected chi connectivity index (χ4v) is 7.22. The summed E-state index contributed by atoms with van der Waals surface area (Å²) in [5, 5.41) is 10.5. The Morgan fingerprint density at radius 3 is 2.41 bits per heavy atom. The molecule has 0 atom stereocenters. The van der Waals surface area contributed by atoms with Gasteiger partial charge in [0.1, 0.15) is 11.1 Å². The van der Waals surface area contributed by atoms with Gasteiger partial charge >= 0.3 is 0 Å². The molecule has 0 unspecified atom stereocenters. The van der Waals surface area contributed by atoms with Crippen LogP contribution in [0, 0.1) is 36.0 Å². The molecule has 4 aliphatic rings. The average Bonchev–Trinajstić information content (AvgIpc) is 2.65. The molecular formula is C24H26N2S. The molecule has 2 aromatic rings. The highest BCUT2D eigenvalue weighted by atomic mass is 32.2. The van der Waals surface area contributed by atoms with Crippen LogP contribution in [0.1, 0.15) is 60.9 Å². The van der Waals surface area contributed by atoms with Crippen LogP contribution in [0.25, 0.3) is 0 Å². The molecule has 0 saturated heterocycles. The van der Waals surface area contributed by atoms with Crippen LogP contribution in [0.15, 0.2) is 41.4 Å². The van der Waals surface area contributed by atoms with Gasteiger partial charge in [-0.2, -0.15) is 5.26 Å². The van der Waals surface area contributed by atoms with E-state index in [0.717, 1.165) is 34.1 Å². The monoisotopic (exact) mass is 374 g/mol. The SMILES string of the molecule is Cc1cccc(CSc2nc(C34CC5CC(CC(C5)C3)C4)ccc2C#N)c1. The van der Waals surface area contributed by atoms with Gasteiger partial charge in [0.25, 0.3) is 0 Å². The predicted molar refractivity (Wildman–Crippen MR) is 110 cm³/mol. The molecule has 0 aliphatic heterocycles. The van der Waals surface area contributed by atoms with Crippen molar-refractivity contribution in [1.82, 2.24) is 4.98 Å². The number of pyridine rings is 1. The van der Waals surface area contributed by atoms with Crippen LogP contribution >= 0.6 is 11.8 Å². The smallest absolute Gasteiger partial charge is 0.114 e. The maximum absolute atomic E-state index is 9.58. The summed E-state index contributed by atoms with van der Waals surface area (Å²) in [5.41, 5.74) is 4.87. The van der Waals surface area contributed by atoms with E-state index in [1.807, 2.05) is 6.07 Å². The van der Waals surface area contributed by atoms with Crippen LogP contribution in [0.3, 0.4) is 0 Å². The molecule has 0 radical (unpaired) electrons. The second-order valence-electron chi connectivity index (χ2n) is 9.14. The molecule has 4 saturated carbocycles. The van der Waals surface area contributed by atoms with Crippen LogP contribution in [-0.4, -0.2) is 4.98 Å². The van der Waals surface area contributed by atoms with E-state index >= 15 is 0 Å². The number of rotatable bonds is 4. The zero-order chi connectivity index (χ0) is 18.4. The predicted octanol–water partition coefficient (Wildman–Crippen LogP) is 6.02. The zero-order valence-corrected chi connectivity index (χ0v) is 16.8. The highest BCUT2D eigenvalue weighted by molar-refractivity contribution is 7.98. The summed E-state index contributed by atoms with van der Waals surface area (Å²) in [4.78, 5) is 5.11. The van der Waals surface area contributed by atoms with Gasteiger partial charge in [0.05, 0.1) is 5.56 Å². The van der Waals surface area contributed by atoms with Crippen molar-refractivity contribution in [3.8, 4) is 6.07 Å². The molecule has 2 nitrogen and oxygen atoms in total. The van der Waals surface area contributed by atoms with Gasteiger partial charge in [-0.3, -0.25) is 0 Å². The van der Waals surface area contributed by atoms with E-state index in [9.17, 15) is 5.26 Å². The van der Waals surface area contributed by atoms with Gasteiger partial charge in [0, 0.05) is 16.9 Å². The van der Waals surface area contributed by atoms with Crippen molar-refractivity contribution < 1.29 is 0 Å². The van der Waals surface area contributed by atoms with Crippen LogP contribution in [-0.2, 0) is 11.2 Å². The standard InChI is InChI=1S/C24H26N2S/c1-16-3-2-4-17(7-16)15-27-23-21(14-25)5-6-22(26-23)24-11-18-8-19(12-24)10-20(9-18)13-24/h2-7,18-20H,8-13,15H2,1H3. The minimum Gasteiger partial charge on any atom is -0.245 e. The Morgan fingerprint density at radius 2 is 1.78 bits per heavy atom. The average molecular weight is 375 g/mol. The van der Waals surface area contributed by atoms with Crippen molar-refractivity contribution in [3.63, 3.8) is 0 Å². The van der Waals surface area contributed by atoms with Gasteiger partial charge < -0.3 is 0 Å². The van der Waals surface area contributed by atoms with E-state index in [1.54, 1.807) is 11.8 Å². The van der Waals surface area contributed by atoms with Gasteiger partial charge in [-0.05, 0) is 80.9 Å². The summed E-state index contributed by atoms with van der Waals surface area (Å²) in [6.45, 7) is 2.13. The van der Waals surface area contributed by atoms with E-state index in [2.05, 4.69) is 43.3 Å². The second kappa shape index (κ2) is 6.67. The second-order valence-corrected chi connectivity index (χ2v) is 10.1. The van der Waals surface area contributed by atoms with E-state index in [1.165, 1.54) is 55.3 Å². The molecule has 27 heavy (non-hydrogen) atoms. The Kier molecular flexibility index (Phi) is 4.28. The summed E-state index contributed by atoms with van der Waals surface area (Å²) in [7, 11) is 0. The number of thioether (sulfide) groups is 1. The molecule has 6 rings (SSSR count). The van der Waals surface area contributed by atoms with E-state index in [0.29, 0.717) is 5.41 Å². The molecular weight excluding hydrogens is 348 g/mol. The zero-order valence-electron chi connectivity index (χ0n) is 15.9. The van der Waals surface area contributed by atoms with Crippen molar-refractivity contribution in [2.45, 2.75) is 61.6 Å². The largest absolute Gasteiger partial charge is 0.245 e. The van der Waals surface area contributed by atoms with E-state index < -0.39 is 0 Å². The number of nitriles is 1. The van der Waals surface area contributed by atoms with Gasteiger partial charge in [-0.25, -0.2) is 4.98 Å². The van der Waals surface area contributed by atoms with E-state index in [-0.39, 0.29) is 0 Å². The van der Waals surface area contributed by atoms with Crippen molar-refractivity contribution in [1.29, 1.82) is 5.26 Å². The number of hydrogen-bond acceptors (Lipinski definition) is 3. The molecule has 4 fully saturated rings. The third kappa shape index (κ3) is 3.19. The Morgan fingerprint density at radius 1 is 1.07 bits per heavy atom. The lowest BCUT2D eigenvalue weighted by Crippen LogP contribution is -2.49. The van der Waals surface area contributed by atoms with Crippen LogP contribution in [0.4, 0.5) is 0 Å². The van der Waals surface area contributed by atoms with Crippen LogP contribution < -0.4 is 0 Å². The first-order valence-electron chi connectivity index (χ1n) is 10.2. The van der Waals surface area contributed by atoms with Crippen LogP contribution in [0.5, 0.6) is 0 Å². The topological polar surface area (TPSA) is 36.7 Å². The van der Waals surface area contributed by atoms with Crippen molar-refractivity contribution in [2.24, 2.45) is 17.8 Å². The van der Waals surface area contributed by atoms with Gasteiger partial charge in [0.2, 0.25) is 0 Å². The molecule has 0 N–H and O–H groups in total. The summed E-state index contributed by atoms with van der Waals surface area (Å²) >= 11 is 1.72. The molecule has 1 aromatic heterocycles. The fourth-order valence-electron chi connectivity index (χ4n) is 6.31. The van der Waals surface area contributed by atoms with Crippen molar-refractivity contribution in [2.75, 3.05) is 0 Å². The van der Waals surface area contributed by atoms with Crippen molar-refractivity contribution in [3.05, 3.63) is 58.8 Å². The Balaban J connectivity index is 1.43. The van der Waals surface area contributed by atoms with Gasteiger partial charge in [-0.15, -0.1) is 11.8 Å². The summed E-state index contributed by atoms with van der Waals surface area (Å²) < 4.78 is 0. The molecule has 0 spiro atoms. The lowest BCUT2D eigenvalue weighted by atomic mass is 9.49. The van der Waals surface area contributed by atoms with E-state index in [4.69, 9.17) is 4.98 Å². The Bertz CT molecular complexity index is 876. The number of hydrogen-bond donors (Lipinski definition) is 0. The summed E-state index contributed by atoms with van der Waals surface area (Å²) in [6, 6.07) is 15.2. The van der Waals surface area contributed by atoms with Gasteiger partial charge in [0.15, 0.2) is 0 Å². The summed E-state index contributed by atoms with van der Waals surface area (Å²) in [6.07, 6.45) is 8.30. The minimum absolute atomic E-state index is 0.293. The maximum atomic E-state index is 9.58. The first kappa shape index (κ1) is 17.3. The van der Waals surface area contributed by atoms with Crippen LogP contribution in [0.2, 0.25) is 0 Å². The number of aromatic nitrogens is 1. The normalized spacial score (nSPS) is 31.0. The minimum atomic E-state index is 0.293. The molecule has 3 heteroatoms. The third-order valence-electron chi connectivity index (χ3n) is 7.02. The molecule has 4 bridgehead atoms. The number of benzene rings is 1. The fraction of sp³-hybridized carbons (Fsp3) is 0.500. The quantitative estimate of drug-likeness (QED) is 0.614. The maximum Gasteiger partial charge on any atom is 0.114 e. The third-order valence-corrected chi connectivity index (χ3v) is 8.08. The lowest BCUT2D eigenvalue weighted by Gasteiger charge is -2.56. The summed E-state index contributed by atoms with van der Waals surface area (Å²) in [5.74, 6) is 3.61. The number of aryl methyl sites for hydroxylation is 1. The number of nitrogens with zero attached hydrogens (tertiary/aromatic N) is 2. The molecule has 1 heterocycles. The van der Waals surface area contributed by atoms with Gasteiger partial charge in [-0.1, -0.05) is 29.8 Å².